The number of rotatable bonds is 2. The maximum Gasteiger partial charge on any atom is 0.107 e. The number of hydrogen-bond acceptors (Lipinski definition) is 3. The maximum atomic E-state index is 3.84. The molecule has 0 bridgehead atoms. The van der Waals surface area contributed by atoms with Gasteiger partial charge in [-0.2, -0.15) is 15.4 Å². The van der Waals surface area contributed by atoms with Crippen LogP contribution in [-0.4, -0.2) is 22.1 Å². The van der Waals surface area contributed by atoms with Crippen molar-refractivity contribution in [1.29, 1.82) is 0 Å². The summed E-state index contributed by atoms with van der Waals surface area (Å²) in [5, 5.41) is 10.1. The molecule has 0 aliphatic heterocycles. The van der Waals surface area contributed by atoms with Crippen LogP contribution in [0.1, 0.15) is 11.4 Å². The molecule has 0 radical (unpaired) electrons. The summed E-state index contributed by atoms with van der Waals surface area (Å²) in [6, 6.07) is 0. The average molecular weight is 124 g/mol. The molecular formula is C5H8N4. The molecule has 0 amide bonds. The molecule has 0 spiro atoms. The molecule has 1 heterocycles. The Kier molecular flexibility index (Phi) is 1.58. The Hall–Kier alpha value is -1.19. The number of H-pyrrole nitrogens is 1. The molecule has 1 N–H and O–H groups in total. The number of aliphatic imine (C=N–C) groups is 1. The average Bonchev–Trinajstić information content (AvgIpc) is 2.18. The molecule has 0 unspecified atom stereocenters. The summed E-state index contributed by atoms with van der Waals surface area (Å²) in [7, 11) is 0. The molecular weight excluding hydrogens is 116 g/mol. The van der Waals surface area contributed by atoms with Gasteiger partial charge in [0.05, 0.1) is 12.2 Å². The van der Waals surface area contributed by atoms with Crippen molar-refractivity contribution in [3.63, 3.8) is 0 Å². The number of aromatic nitrogens is 3. The number of aryl methyl sites for hydroxylation is 1. The predicted molar refractivity (Wildman–Crippen MR) is 34.4 cm³/mol. The van der Waals surface area contributed by atoms with Crippen LogP contribution in [0.4, 0.5) is 0 Å². The van der Waals surface area contributed by atoms with Crippen molar-refractivity contribution in [2.75, 3.05) is 0 Å². The lowest BCUT2D eigenvalue weighted by molar-refractivity contribution is 0.900. The van der Waals surface area contributed by atoms with Gasteiger partial charge in [0.2, 0.25) is 0 Å². The summed E-state index contributed by atoms with van der Waals surface area (Å²) < 4.78 is 0. The van der Waals surface area contributed by atoms with Gasteiger partial charge in [-0.1, -0.05) is 0 Å². The summed E-state index contributed by atoms with van der Waals surface area (Å²) in [6.07, 6.45) is 0. The second-order valence-corrected chi connectivity index (χ2v) is 1.74. The molecule has 0 saturated carbocycles. The molecule has 1 aromatic heterocycles. The highest BCUT2D eigenvalue weighted by molar-refractivity contribution is 5.24. The predicted octanol–water partition coefficient (Wildman–Crippen LogP) is 0.314. The first kappa shape index (κ1) is 5.94. The van der Waals surface area contributed by atoms with E-state index < -0.39 is 0 Å². The van der Waals surface area contributed by atoms with Crippen molar-refractivity contribution in [1.82, 2.24) is 15.4 Å². The lowest BCUT2D eigenvalue weighted by atomic mass is 10.3. The third-order valence-electron chi connectivity index (χ3n) is 1.08. The van der Waals surface area contributed by atoms with Gasteiger partial charge < -0.3 is 0 Å². The minimum Gasteiger partial charge on any atom is -0.294 e. The minimum absolute atomic E-state index is 0.544. The number of nitrogens with one attached hydrogen (secondary N) is 1. The van der Waals surface area contributed by atoms with Crippen LogP contribution in [0.5, 0.6) is 0 Å². The van der Waals surface area contributed by atoms with Gasteiger partial charge in [0.15, 0.2) is 0 Å². The van der Waals surface area contributed by atoms with E-state index in [4.69, 9.17) is 0 Å². The van der Waals surface area contributed by atoms with E-state index in [1.165, 1.54) is 0 Å². The Bertz CT molecular complexity index is 202. The van der Waals surface area contributed by atoms with E-state index in [2.05, 4.69) is 27.1 Å². The first-order valence-corrected chi connectivity index (χ1v) is 2.63. The second kappa shape index (κ2) is 2.39. The van der Waals surface area contributed by atoms with Crippen molar-refractivity contribution < 1.29 is 0 Å². The third kappa shape index (κ3) is 1.13. The standard InChI is InChI=1S/C5H8N4/c1-4-5(3-6-2)8-9-7-4/h2-3H2,1H3,(H,7,8,9). The number of nitrogens with zero attached hydrogens (tertiary/aromatic N) is 3. The molecule has 0 aliphatic carbocycles. The molecule has 1 aromatic rings. The maximum absolute atomic E-state index is 3.84. The van der Waals surface area contributed by atoms with Crippen LogP contribution in [0, 0.1) is 6.92 Å². The number of hydrogen-bond donors (Lipinski definition) is 1. The van der Waals surface area contributed by atoms with Crippen LogP contribution in [0.15, 0.2) is 4.99 Å². The van der Waals surface area contributed by atoms with Crippen LogP contribution in [0.3, 0.4) is 0 Å². The zero-order valence-corrected chi connectivity index (χ0v) is 5.26. The van der Waals surface area contributed by atoms with Crippen LogP contribution in [0.2, 0.25) is 0 Å². The SMILES string of the molecule is C=NCc1n[nH]nc1C. The summed E-state index contributed by atoms with van der Waals surface area (Å²) in [4.78, 5) is 3.67. The van der Waals surface area contributed by atoms with Crippen molar-refractivity contribution in [2.24, 2.45) is 4.99 Å². The Morgan fingerprint density at radius 3 is 2.89 bits per heavy atom. The Morgan fingerprint density at radius 2 is 2.44 bits per heavy atom. The summed E-state index contributed by atoms with van der Waals surface area (Å²) in [5.41, 5.74) is 1.76. The first-order valence-electron chi connectivity index (χ1n) is 2.63. The second-order valence-electron chi connectivity index (χ2n) is 1.74. The summed E-state index contributed by atoms with van der Waals surface area (Å²) in [6.45, 7) is 5.77. The van der Waals surface area contributed by atoms with E-state index in [1.807, 2.05) is 6.92 Å². The van der Waals surface area contributed by atoms with Crippen molar-refractivity contribution >= 4 is 6.72 Å². The van der Waals surface area contributed by atoms with E-state index >= 15 is 0 Å². The summed E-state index contributed by atoms with van der Waals surface area (Å²) in [5.74, 6) is 0. The van der Waals surface area contributed by atoms with Gasteiger partial charge in [0, 0.05) is 0 Å². The van der Waals surface area contributed by atoms with Crippen LogP contribution >= 0.6 is 0 Å². The van der Waals surface area contributed by atoms with Gasteiger partial charge in [-0.3, -0.25) is 4.99 Å². The van der Waals surface area contributed by atoms with Gasteiger partial charge >= 0.3 is 0 Å². The Balaban J connectivity index is 2.80. The lowest BCUT2D eigenvalue weighted by Gasteiger charge is -1.84. The van der Waals surface area contributed by atoms with Gasteiger partial charge in [-0.15, -0.1) is 0 Å². The highest BCUT2D eigenvalue weighted by Gasteiger charge is 1.98. The smallest absolute Gasteiger partial charge is 0.107 e. The van der Waals surface area contributed by atoms with Gasteiger partial charge in [0.1, 0.15) is 5.69 Å². The molecule has 1 rings (SSSR count). The van der Waals surface area contributed by atoms with E-state index in [0.717, 1.165) is 11.4 Å². The molecule has 4 nitrogen and oxygen atoms in total. The fraction of sp³-hybridized carbons (Fsp3) is 0.400. The minimum atomic E-state index is 0.544. The quantitative estimate of drug-likeness (QED) is 0.577. The fourth-order valence-electron chi connectivity index (χ4n) is 0.561. The highest BCUT2D eigenvalue weighted by Crippen LogP contribution is 1.98. The number of aromatic amines is 1. The van der Waals surface area contributed by atoms with Crippen molar-refractivity contribution in [2.45, 2.75) is 13.5 Å². The van der Waals surface area contributed by atoms with Crippen LogP contribution < -0.4 is 0 Å². The highest BCUT2D eigenvalue weighted by atomic mass is 15.3. The van der Waals surface area contributed by atoms with Crippen LogP contribution in [0.25, 0.3) is 0 Å². The van der Waals surface area contributed by atoms with Gasteiger partial charge in [-0.05, 0) is 13.6 Å². The molecule has 9 heavy (non-hydrogen) atoms. The van der Waals surface area contributed by atoms with E-state index in [-0.39, 0.29) is 0 Å². The van der Waals surface area contributed by atoms with Crippen molar-refractivity contribution in [3.05, 3.63) is 11.4 Å². The Morgan fingerprint density at radius 1 is 1.67 bits per heavy atom. The van der Waals surface area contributed by atoms with E-state index in [1.54, 1.807) is 0 Å². The van der Waals surface area contributed by atoms with E-state index in [0.29, 0.717) is 6.54 Å². The monoisotopic (exact) mass is 124 g/mol. The normalized spacial score (nSPS) is 9.44. The zero-order valence-electron chi connectivity index (χ0n) is 5.26. The Labute approximate surface area is 53.0 Å². The summed E-state index contributed by atoms with van der Waals surface area (Å²) >= 11 is 0. The molecule has 0 atom stereocenters. The third-order valence-corrected chi connectivity index (χ3v) is 1.08. The molecule has 48 valence electrons. The molecule has 0 aromatic carbocycles. The lowest BCUT2D eigenvalue weighted by Crippen LogP contribution is -1.83. The first-order chi connectivity index (χ1) is 4.34. The van der Waals surface area contributed by atoms with Gasteiger partial charge in [0.25, 0.3) is 0 Å². The topological polar surface area (TPSA) is 53.9 Å². The van der Waals surface area contributed by atoms with Crippen LogP contribution in [-0.2, 0) is 6.54 Å². The molecule has 0 aliphatic rings. The molecule has 0 fully saturated rings. The molecule has 0 saturated heterocycles. The van der Waals surface area contributed by atoms with Crippen molar-refractivity contribution in [3.8, 4) is 0 Å². The van der Waals surface area contributed by atoms with Gasteiger partial charge in [-0.25, -0.2) is 0 Å². The fourth-order valence-corrected chi connectivity index (χ4v) is 0.561. The molecule has 4 heteroatoms. The van der Waals surface area contributed by atoms with E-state index in [9.17, 15) is 0 Å². The zero-order chi connectivity index (χ0) is 6.69. The largest absolute Gasteiger partial charge is 0.294 e.